The maximum Gasteiger partial charge on any atom is 0.0506 e. The second kappa shape index (κ2) is 10.7. The van der Waals surface area contributed by atoms with Crippen LogP contribution in [0.3, 0.4) is 0 Å². The number of piperidine rings is 2. The van der Waals surface area contributed by atoms with E-state index in [-0.39, 0.29) is 0 Å². The SMILES string of the molecule is c1cc(CN2CCN3C[C@@H](COCCCN4CCCCC4)CC[C@H]3C2)ccn1. The number of fused-ring (bicyclic) bond motifs is 1. The van der Waals surface area contributed by atoms with Crippen molar-refractivity contribution in [3.63, 3.8) is 0 Å². The van der Waals surface area contributed by atoms with E-state index in [1.54, 1.807) is 0 Å². The molecule has 0 N–H and O–H groups in total. The first-order valence-corrected chi connectivity index (χ1v) is 11.5. The average Bonchev–Trinajstić information content (AvgIpc) is 2.75. The molecule has 1 aromatic rings. The first kappa shape index (κ1) is 20.3. The third-order valence-corrected chi connectivity index (χ3v) is 6.81. The average molecular weight is 387 g/mol. The Kier molecular flexibility index (Phi) is 7.73. The van der Waals surface area contributed by atoms with Gasteiger partial charge in [0.1, 0.15) is 0 Å². The lowest BCUT2D eigenvalue weighted by atomic mass is 9.91. The van der Waals surface area contributed by atoms with Crippen LogP contribution in [0.1, 0.15) is 44.1 Å². The van der Waals surface area contributed by atoms with Crippen molar-refractivity contribution in [2.24, 2.45) is 5.92 Å². The lowest BCUT2D eigenvalue weighted by molar-refractivity contribution is -0.00316. The van der Waals surface area contributed by atoms with Crippen molar-refractivity contribution in [2.75, 3.05) is 59.0 Å². The summed E-state index contributed by atoms with van der Waals surface area (Å²) in [4.78, 5) is 12.1. The van der Waals surface area contributed by atoms with Crippen LogP contribution >= 0.6 is 0 Å². The smallest absolute Gasteiger partial charge is 0.0506 e. The van der Waals surface area contributed by atoms with Gasteiger partial charge in [-0.25, -0.2) is 0 Å². The van der Waals surface area contributed by atoms with Crippen LogP contribution in [0.15, 0.2) is 24.5 Å². The molecule has 4 rings (SSSR count). The standard InChI is InChI=1S/C23H38N4O/c1-2-11-25(12-3-1)13-4-16-28-20-22-5-6-23-19-26(14-15-27(23)18-22)17-21-7-9-24-10-8-21/h7-10,22-23H,1-6,11-20H2/t22-,23-/m0/s1. The maximum absolute atomic E-state index is 6.07. The fraction of sp³-hybridized carbons (Fsp3) is 0.783. The predicted octanol–water partition coefficient (Wildman–Crippen LogP) is 2.87. The van der Waals surface area contributed by atoms with Crippen molar-refractivity contribution >= 4 is 0 Å². The third-order valence-electron chi connectivity index (χ3n) is 6.81. The van der Waals surface area contributed by atoms with Gasteiger partial charge in [-0.15, -0.1) is 0 Å². The van der Waals surface area contributed by atoms with E-state index in [0.717, 1.165) is 31.7 Å². The first-order chi connectivity index (χ1) is 13.9. The number of likely N-dealkylation sites (tertiary alicyclic amines) is 1. The van der Waals surface area contributed by atoms with Crippen LogP contribution in [0.5, 0.6) is 0 Å². The molecule has 3 aliphatic heterocycles. The number of nitrogens with zero attached hydrogens (tertiary/aromatic N) is 4. The fourth-order valence-electron chi connectivity index (χ4n) is 5.17. The highest BCUT2D eigenvalue weighted by molar-refractivity contribution is 5.09. The molecule has 1 aromatic heterocycles. The van der Waals surface area contributed by atoms with Crippen LogP contribution in [0.4, 0.5) is 0 Å². The summed E-state index contributed by atoms with van der Waals surface area (Å²) in [6, 6.07) is 5.03. The summed E-state index contributed by atoms with van der Waals surface area (Å²) in [5.41, 5.74) is 1.38. The molecular formula is C23H38N4O. The van der Waals surface area contributed by atoms with E-state index in [0.29, 0.717) is 0 Å². The Labute approximate surface area is 171 Å². The number of ether oxygens (including phenoxy) is 1. The van der Waals surface area contributed by atoms with Crippen molar-refractivity contribution in [1.82, 2.24) is 19.7 Å². The molecule has 0 spiro atoms. The van der Waals surface area contributed by atoms with E-state index in [1.807, 2.05) is 12.4 Å². The van der Waals surface area contributed by atoms with Gasteiger partial charge in [-0.05, 0) is 68.8 Å². The van der Waals surface area contributed by atoms with Crippen LogP contribution in [0.25, 0.3) is 0 Å². The zero-order valence-corrected chi connectivity index (χ0v) is 17.5. The highest BCUT2D eigenvalue weighted by Crippen LogP contribution is 2.26. The molecule has 3 saturated heterocycles. The summed E-state index contributed by atoms with van der Waals surface area (Å²) in [5, 5.41) is 0. The van der Waals surface area contributed by atoms with Crippen LogP contribution in [0, 0.1) is 5.92 Å². The van der Waals surface area contributed by atoms with Crippen molar-refractivity contribution in [3.05, 3.63) is 30.1 Å². The van der Waals surface area contributed by atoms with E-state index in [9.17, 15) is 0 Å². The van der Waals surface area contributed by atoms with Gasteiger partial charge in [-0.1, -0.05) is 6.42 Å². The number of aromatic nitrogens is 1. The van der Waals surface area contributed by atoms with Gasteiger partial charge >= 0.3 is 0 Å². The van der Waals surface area contributed by atoms with Crippen molar-refractivity contribution in [1.29, 1.82) is 0 Å². The summed E-state index contributed by atoms with van der Waals surface area (Å²) in [7, 11) is 0. The summed E-state index contributed by atoms with van der Waals surface area (Å²) in [6.45, 7) is 11.6. The molecule has 0 saturated carbocycles. The quantitative estimate of drug-likeness (QED) is 0.642. The Balaban J connectivity index is 1.10. The number of pyridine rings is 1. The van der Waals surface area contributed by atoms with Gasteiger partial charge in [-0.2, -0.15) is 0 Å². The Bertz CT molecular complexity index is 563. The predicted molar refractivity (Wildman–Crippen MR) is 113 cm³/mol. The summed E-state index contributed by atoms with van der Waals surface area (Å²) < 4.78 is 6.07. The van der Waals surface area contributed by atoms with E-state index >= 15 is 0 Å². The molecule has 3 fully saturated rings. The zero-order chi connectivity index (χ0) is 19.0. The molecule has 0 radical (unpaired) electrons. The highest BCUT2D eigenvalue weighted by Gasteiger charge is 2.32. The van der Waals surface area contributed by atoms with Crippen LogP contribution in [-0.4, -0.2) is 84.8 Å². The Morgan fingerprint density at radius 2 is 1.79 bits per heavy atom. The maximum atomic E-state index is 6.07. The Morgan fingerprint density at radius 3 is 2.64 bits per heavy atom. The molecule has 3 aliphatic rings. The number of rotatable bonds is 8. The van der Waals surface area contributed by atoms with Crippen LogP contribution in [-0.2, 0) is 11.3 Å². The Hall–Kier alpha value is -1.01. The van der Waals surface area contributed by atoms with E-state index in [1.165, 1.54) is 89.9 Å². The molecule has 0 unspecified atom stereocenters. The molecule has 156 valence electrons. The van der Waals surface area contributed by atoms with Gasteiger partial charge in [0, 0.05) is 64.3 Å². The van der Waals surface area contributed by atoms with E-state index in [2.05, 4.69) is 31.8 Å². The molecule has 0 aromatic carbocycles. The number of hydrogen-bond donors (Lipinski definition) is 0. The molecule has 0 aliphatic carbocycles. The monoisotopic (exact) mass is 386 g/mol. The summed E-state index contributed by atoms with van der Waals surface area (Å²) >= 11 is 0. The molecule has 4 heterocycles. The summed E-state index contributed by atoms with van der Waals surface area (Å²) in [6.07, 6.45) is 11.9. The van der Waals surface area contributed by atoms with Crippen LogP contribution < -0.4 is 0 Å². The third kappa shape index (κ3) is 5.99. The fourth-order valence-corrected chi connectivity index (χ4v) is 5.17. The van der Waals surface area contributed by atoms with Crippen molar-refractivity contribution < 1.29 is 4.74 Å². The molecule has 0 amide bonds. The second-order valence-corrected chi connectivity index (χ2v) is 9.01. The van der Waals surface area contributed by atoms with Gasteiger partial charge in [0.25, 0.3) is 0 Å². The minimum absolute atomic E-state index is 0.734. The minimum atomic E-state index is 0.734. The van der Waals surface area contributed by atoms with Gasteiger partial charge < -0.3 is 9.64 Å². The molecule has 28 heavy (non-hydrogen) atoms. The van der Waals surface area contributed by atoms with E-state index in [4.69, 9.17) is 4.74 Å². The van der Waals surface area contributed by atoms with Gasteiger partial charge in [-0.3, -0.25) is 14.8 Å². The molecule has 0 bridgehead atoms. The normalized spacial score (nSPS) is 27.6. The molecule has 2 atom stereocenters. The van der Waals surface area contributed by atoms with Crippen molar-refractivity contribution in [3.8, 4) is 0 Å². The first-order valence-electron chi connectivity index (χ1n) is 11.5. The number of piperazine rings is 1. The lowest BCUT2D eigenvalue weighted by Gasteiger charge is -2.46. The minimum Gasteiger partial charge on any atom is -0.381 e. The second-order valence-electron chi connectivity index (χ2n) is 9.01. The van der Waals surface area contributed by atoms with E-state index < -0.39 is 0 Å². The summed E-state index contributed by atoms with van der Waals surface area (Å²) in [5.74, 6) is 0.734. The van der Waals surface area contributed by atoms with Gasteiger partial charge in [0.2, 0.25) is 0 Å². The molecule has 5 nitrogen and oxygen atoms in total. The number of hydrogen-bond acceptors (Lipinski definition) is 5. The van der Waals surface area contributed by atoms with Gasteiger partial charge in [0.15, 0.2) is 0 Å². The largest absolute Gasteiger partial charge is 0.381 e. The molecule has 5 heteroatoms. The zero-order valence-electron chi connectivity index (χ0n) is 17.5. The van der Waals surface area contributed by atoms with Gasteiger partial charge in [0.05, 0.1) is 6.61 Å². The lowest BCUT2D eigenvalue weighted by Crippen LogP contribution is -2.56. The van der Waals surface area contributed by atoms with Crippen LogP contribution in [0.2, 0.25) is 0 Å². The Morgan fingerprint density at radius 1 is 0.929 bits per heavy atom. The molecular weight excluding hydrogens is 348 g/mol. The topological polar surface area (TPSA) is 31.8 Å². The van der Waals surface area contributed by atoms with Crippen molar-refractivity contribution in [2.45, 2.75) is 51.1 Å². The highest BCUT2D eigenvalue weighted by atomic mass is 16.5.